The Morgan fingerprint density at radius 1 is 0.444 bits per heavy atom. The Morgan fingerprint density at radius 2 is 0.759 bits per heavy atom. The molecule has 0 bridgehead atoms. The van der Waals surface area contributed by atoms with Crippen LogP contribution in [0, 0.1) is 22.2 Å². The van der Waals surface area contributed by atoms with E-state index in [1.165, 1.54) is 0 Å². The van der Waals surface area contributed by atoms with E-state index in [0.717, 1.165) is 16.9 Å². The lowest BCUT2D eigenvalue weighted by Gasteiger charge is -2.39. The van der Waals surface area contributed by atoms with Gasteiger partial charge in [0, 0.05) is 5.41 Å². The van der Waals surface area contributed by atoms with Gasteiger partial charge < -0.3 is 23.7 Å². The highest BCUT2D eigenvalue weighted by molar-refractivity contribution is 5.80. The zero-order chi connectivity index (χ0) is 40.7. The largest absolute Gasteiger partial charge is 0.487 e. The third-order valence-corrected chi connectivity index (χ3v) is 10.9. The van der Waals surface area contributed by atoms with Crippen LogP contribution in [-0.4, -0.2) is 23.1 Å². The van der Waals surface area contributed by atoms with Crippen molar-refractivity contribution in [2.45, 2.75) is 115 Å². The lowest BCUT2D eigenvalue weighted by Crippen LogP contribution is -2.51. The summed E-state index contributed by atoms with van der Waals surface area (Å²) in [6.07, 6.45) is 0. The molecule has 0 unspecified atom stereocenters. The second-order valence-corrected chi connectivity index (χ2v) is 16.8. The van der Waals surface area contributed by atoms with E-state index in [4.69, 9.17) is 23.7 Å². The van der Waals surface area contributed by atoms with Crippen molar-refractivity contribution in [1.29, 1.82) is 0 Å². The van der Waals surface area contributed by atoms with Crippen LogP contribution >= 0.6 is 0 Å². The number of hydrogen-bond acceptors (Lipinski definition) is 7. The molecule has 0 atom stereocenters. The van der Waals surface area contributed by atoms with E-state index in [0.29, 0.717) is 28.7 Å². The predicted molar refractivity (Wildman–Crippen MR) is 219 cm³/mol. The average molecular weight is 739 g/mol. The van der Waals surface area contributed by atoms with Gasteiger partial charge in [-0.05, 0) is 145 Å². The molecule has 0 saturated heterocycles. The molecule has 0 radical (unpaired) electrons. The number of rotatable bonds is 13. The summed E-state index contributed by atoms with van der Waals surface area (Å²) in [6, 6.07) is 29.6. The molecule has 7 nitrogen and oxygen atoms in total. The topological polar surface area (TPSA) is 80.3 Å². The van der Waals surface area contributed by atoms with Gasteiger partial charge >= 0.3 is 11.9 Å². The Bertz CT molecular complexity index is 1810. The van der Waals surface area contributed by atoms with Crippen molar-refractivity contribution in [3.63, 3.8) is 0 Å². The van der Waals surface area contributed by atoms with Crippen LogP contribution in [0.2, 0.25) is 0 Å². The second-order valence-electron chi connectivity index (χ2n) is 16.8. The lowest BCUT2D eigenvalue weighted by molar-refractivity contribution is -0.155. The van der Waals surface area contributed by atoms with Gasteiger partial charge in [0.25, 0.3) is 0 Å². The first kappa shape index (κ1) is 43.6. The van der Waals surface area contributed by atoms with Crippen LogP contribution in [0.3, 0.4) is 0 Å². The molecular weight excluding hydrogens is 677 g/mol. The van der Waals surface area contributed by atoms with Gasteiger partial charge in [-0.1, -0.05) is 72.7 Å². The number of carbonyl (C=O) groups is 2. The zero-order valence-electron chi connectivity index (χ0n) is 35.2. The fourth-order valence-electron chi connectivity index (χ4n) is 4.54. The first-order valence-electron chi connectivity index (χ1n) is 18.9. The SMILES string of the molecule is CC.CC(C)C(C)(C)C(=O)Oc1ccc(-c2ccc(OC(C)(C)C(C)(C)C(=O)Oc3ccc(Oc4ccc(OC(C)(C)C(C)(C)C)cc4)cc3)cc2)cc1. The molecule has 0 amide bonds. The van der Waals surface area contributed by atoms with E-state index in [1.54, 1.807) is 36.4 Å². The summed E-state index contributed by atoms with van der Waals surface area (Å²) in [5, 5.41) is 0. The number of carbonyl (C=O) groups excluding carboxylic acids is 2. The molecule has 0 N–H and O–H groups in total. The maximum absolute atomic E-state index is 13.5. The van der Waals surface area contributed by atoms with Crippen LogP contribution in [-0.2, 0) is 9.59 Å². The molecule has 0 aliphatic heterocycles. The van der Waals surface area contributed by atoms with E-state index < -0.39 is 22.4 Å². The maximum atomic E-state index is 13.5. The minimum Gasteiger partial charge on any atom is -0.487 e. The molecule has 54 heavy (non-hydrogen) atoms. The zero-order valence-corrected chi connectivity index (χ0v) is 35.2. The molecule has 4 rings (SSSR count). The van der Waals surface area contributed by atoms with E-state index in [1.807, 2.05) is 130 Å². The molecule has 0 spiro atoms. The predicted octanol–water partition coefficient (Wildman–Crippen LogP) is 12.8. The molecule has 4 aromatic rings. The Labute approximate surface area is 324 Å². The number of ether oxygens (including phenoxy) is 5. The van der Waals surface area contributed by atoms with Gasteiger partial charge in [-0.25, -0.2) is 0 Å². The van der Waals surface area contributed by atoms with Crippen LogP contribution < -0.4 is 23.7 Å². The van der Waals surface area contributed by atoms with Gasteiger partial charge in [0.05, 0.1) is 5.41 Å². The molecule has 0 aliphatic rings. The number of hydrogen-bond donors (Lipinski definition) is 0. The van der Waals surface area contributed by atoms with Gasteiger partial charge in [-0.15, -0.1) is 0 Å². The van der Waals surface area contributed by atoms with Crippen molar-refractivity contribution in [3.05, 3.63) is 97.1 Å². The van der Waals surface area contributed by atoms with Crippen LogP contribution in [0.15, 0.2) is 97.1 Å². The van der Waals surface area contributed by atoms with E-state index in [9.17, 15) is 9.59 Å². The Hall–Kier alpha value is -4.78. The Morgan fingerprint density at radius 3 is 1.15 bits per heavy atom. The van der Waals surface area contributed by atoms with Gasteiger partial charge in [0.2, 0.25) is 0 Å². The molecule has 0 aromatic heterocycles. The normalized spacial score (nSPS) is 12.3. The Kier molecular flexibility index (Phi) is 13.8. The van der Waals surface area contributed by atoms with Crippen LogP contribution in [0.25, 0.3) is 11.1 Å². The summed E-state index contributed by atoms with van der Waals surface area (Å²) in [4.78, 5) is 26.1. The molecule has 292 valence electrons. The van der Waals surface area contributed by atoms with Gasteiger partial charge in [-0.2, -0.15) is 0 Å². The summed E-state index contributed by atoms with van der Waals surface area (Å²) in [5.74, 6) is 3.07. The van der Waals surface area contributed by atoms with Crippen molar-refractivity contribution in [1.82, 2.24) is 0 Å². The fraction of sp³-hybridized carbons (Fsp3) is 0.447. The number of esters is 2. The molecule has 7 heteroatoms. The third-order valence-electron chi connectivity index (χ3n) is 10.9. The van der Waals surface area contributed by atoms with Crippen molar-refractivity contribution >= 4 is 11.9 Å². The quantitative estimate of drug-likeness (QED) is 0.0997. The highest BCUT2D eigenvalue weighted by atomic mass is 16.5. The lowest BCUT2D eigenvalue weighted by atomic mass is 9.77. The summed E-state index contributed by atoms with van der Waals surface area (Å²) in [6.45, 7) is 29.8. The highest BCUT2D eigenvalue weighted by Crippen LogP contribution is 2.39. The first-order chi connectivity index (χ1) is 25.0. The first-order valence-corrected chi connectivity index (χ1v) is 18.9. The van der Waals surface area contributed by atoms with Gasteiger partial charge in [0.15, 0.2) is 0 Å². The van der Waals surface area contributed by atoms with Crippen LogP contribution in [0.1, 0.15) is 104 Å². The minimum absolute atomic E-state index is 0.0277. The third kappa shape index (κ3) is 10.7. The van der Waals surface area contributed by atoms with Gasteiger partial charge in [-0.3, -0.25) is 9.59 Å². The summed E-state index contributed by atoms with van der Waals surface area (Å²) in [7, 11) is 0. The molecular formula is C47H62O7. The monoisotopic (exact) mass is 738 g/mol. The highest BCUT2D eigenvalue weighted by Gasteiger charge is 2.47. The Balaban J connectivity index is 0.00000385. The molecule has 0 saturated carbocycles. The van der Waals surface area contributed by atoms with E-state index in [-0.39, 0.29) is 22.9 Å². The van der Waals surface area contributed by atoms with Crippen LogP contribution in [0.4, 0.5) is 0 Å². The number of benzene rings is 4. The minimum atomic E-state index is -1.01. The maximum Gasteiger partial charge on any atom is 0.320 e. The molecule has 0 heterocycles. The second kappa shape index (κ2) is 17.1. The van der Waals surface area contributed by atoms with Gasteiger partial charge in [0.1, 0.15) is 51.1 Å². The van der Waals surface area contributed by atoms with E-state index in [2.05, 4.69) is 34.6 Å². The molecule has 0 fully saturated rings. The molecule has 0 aliphatic carbocycles. The van der Waals surface area contributed by atoms with Crippen molar-refractivity contribution in [2.75, 3.05) is 0 Å². The molecule has 4 aromatic carbocycles. The van der Waals surface area contributed by atoms with Crippen molar-refractivity contribution in [2.24, 2.45) is 22.2 Å². The van der Waals surface area contributed by atoms with Crippen LogP contribution in [0.5, 0.6) is 34.5 Å². The van der Waals surface area contributed by atoms with Crippen molar-refractivity contribution in [3.8, 4) is 45.6 Å². The smallest absolute Gasteiger partial charge is 0.320 e. The van der Waals surface area contributed by atoms with Crippen molar-refractivity contribution < 1.29 is 33.3 Å². The standard InChI is InChI=1S/C45H56O7.C2H6/c1-30(2)42(6,7)39(46)49-35-18-14-31(15-19-35)32-16-20-37(21-17-32)52-45(12,13)43(8,9)40(47)50-36-24-22-33(23-25-36)48-34-26-28-38(29-27-34)51-44(10,11)41(3,4)5;1-2/h14-30H,1-13H3;1-2H3. The fourth-order valence-corrected chi connectivity index (χ4v) is 4.54. The summed E-state index contributed by atoms with van der Waals surface area (Å²) < 4.78 is 30.1. The summed E-state index contributed by atoms with van der Waals surface area (Å²) >= 11 is 0. The van der Waals surface area contributed by atoms with E-state index >= 15 is 0 Å². The average Bonchev–Trinajstić information content (AvgIpc) is 3.10. The summed E-state index contributed by atoms with van der Waals surface area (Å²) in [5.41, 5.74) is -0.930.